The van der Waals surface area contributed by atoms with Crippen LogP contribution in [-0.2, 0) is 0 Å². The summed E-state index contributed by atoms with van der Waals surface area (Å²) in [5, 5.41) is 10.6. The number of nitrogens with zero attached hydrogens (tertiary/aromatic N) is 2. The van der Waals surface area contributed by atoms with E-state index in [2.05, 4.69) is 151 Å². The van der Waals surface area contributed by atoms with Gasteiger partial charge in [0.15, 0.2) is 6.17 Å². The molecule has 1 N–H and O–H groups in total. The van der Waals surface area contributed by atoms with E-state index in [1.165, 1.54) is 32.7 Å². The Bertz CT molecular complexity index is 2820. The summed E-state index contributed by atoms with van der Waals surface area (Å²) in [5.41, 5.74) is 9.33. The Morgan fingerprint density at radius 3 is 1.96 bits per heavy atom. The Balaban J connectivity index is 1.06. The zero-order valence-corrected chi connectivity index (χ0v) is 27.6. The average molecular weight is 654 g/mol. The maximum atomic E-state index is 6.53. The van der Waals surface area contributed by atoms with Crippen LogP contribution in [-0.4, -0.2) is 11.7 Å². The fourth-order valence-electron chi connectivity index (χ4n) is 7.36. The number of benzene rings is 8. The van der Waals surface area contributed by atoms with E-state index >= 15 is 0 Å². The number of furan rings is 1. The average Bonchev–Trinajstić information content (AvgIpc) is 3.59. The van der Waals surface area contributed by atoms with Crippen LogP contribution in [0.3, 0.4) is 0 Å². The Morgan fingerprint density at radius 1 is 0.412 bits per heavy atom. The smallest absolute Gasteiger partial charge is 0.169 e. The topological polar surface area (TPSA) is 49.9 Å². The van der Waals surface area contributed by atoms with Crippen LogP contribution in [0.15, 0.2) is 190 Å². The van der Waals surface area contributed by atoms with Gasteiger partial charge < -0.3 is 9.73 Å². The molecule has 0 fully saturated rings. The molecule has 240 valence electrons. The maximum Gasteiger partial charge on any atom is 0.169 e. The molecule has 0 aliphatic carbocycles. The Kier molecular flexibility index (Phi) is 6.85. The second kappa shape index (κ2) is 12.0. The summed E-state index contributed by atoms with van der Waals surface area (Å²) in [4.78, 5) is 10.4. The van der Waals surface area contributed by atoms with Crippen LogP contribution in [0, 0.1) is 0 Å². The van der Waals surface area contributed by atoms with Crippen molar-refractivity contribution in [3.8, 4) is 22.3 Å². The van der Waals surface area contributed by atoms with Crippen molar-refractivity contribution in [3.05, 3.63) is 193 Å². The molecule has 0 saturated heterocycles. The third kappa shape index (κ3) is 5.17. The molecule has 0 radical (unpaired) electrons. The van der Waals surface area contributed by atoms with Gasteiger partial charge in [0, 0.05) is 21.9 Å². The van der Waals surface area contributed by atoms with Gasteiger partial charge >= 0.3 is 0 Å². The highest BCUT2D eigenvalue weighted by Gasteiger charge is 2.24. The molecule has 51 heavy (non-hydrogen) atoms. The van der Waals surface area contributed by atoms with Gasteiger partial charge in [-0.05, 0) is 73.6 Å². The van der Waals surface area contributed by atoms with Gasteiger partial charge in [0.2, 0.25) is 0 Å². The van der Waals surface area contributed by atoms with E-state index in [4.69, 9.17) is 14.4 Å². The van der Waals surface area contributed by atoms with Gasteiger partial charge in [-0.15, -0.1) is 0 Å². The van der Waals surface area contributed by atoms with E-state index in [0.29, 0.717) is 0 Å². The monoisotopic (exact) mass is 653 g/mol. The lowest BCUT2D eigenvalue weighted by atomic mass is 9.97. The summed E-state index contributed by atoms with van der Waals surface area (Å²) < 4.78 is 6.53. The van der Waals surface area contributed by atoms with Crippen molar-refractivity contribution >= 4 is 55.2 Å². The fraction of sp³-hybridized carbons (Fsp3) is 0.0213. The van der Waals surface area contributed by atoms with Crippen LogP contribution in [0.5, 0.6) is 0 Å². The highest BCUT2D eigenvalue weighted by Crippen LogP contribution is 2.37. The minimum Gasteiger partial charge on any atom is -0.456 e. The zero-order valence-electron chi connectivity index (χ0n) is 27.6. The minimum absolute atomic E-state index is 0.425. The predicted molar refractivity (Wildman–Crippen MR) is 211 cm³/mol. The molecule has 0 amide bonds. The van der Waals surface area contributed by atoms with Crippen LogP contribution in [0.4, 0.5) is 0 Å². The molecule has 1 aromatic heterocycles. The van der Waals surface area contributed by atoms with Gasteiger partial charge in [-0.1, -0.05) is 152 Å². The third-order valence-corrected chi connectivity index (χ3v) is 9.93. The summed E-state index contributed by atoms with van der Waals surface area (Å²) in [6.07, 6.45) is -0.425. The molecule has 4 heteroatoms. The van der Waals surface area contributed by atoms with Crippen LogP contribution in [0.2, 0.25) is 0 Å². The molecule has 1 atom stereocenters. The van der Waals surface area contributed by atoms with Crippen molar-refractivity contribution in [1.82, 2.24) is 5.32 Å². The maximum absolute atomic E-state index is 6.53. The standard InChI is InChI=1S/C47H31N3O/c1-2-12-33(13-3-1)45-48-46(34-23-21-32(22-24-34)39-17-8-15-31-11-6-7-16-38(31)39)50-47(49-45)41-18-9-19-42-44(41)40-27-26-37(29-43(40)51-42)36-25-20-30-10-4-5-14-35(30)28-36/h1-29,46H,(H,48,49,50). The third-order valence-electron chi connectivity index (χ3n) is 9.93. The van der Waals surface area contributed by atoms with Crippen LogP contribution in [0.1, 0.15) is 22.9 Å². The molecule has 1 unspecified atom stereocenters. The van der Waals surface area contributed by atoms with Crippen molar-refractivity contribution in [2.24, 2.45) is 9.98 Å². The molecule has 2 heterocycles. The predicted octanol–water partition coefficient (Wildman–Crippen LogP) is 11.7. The Morgan fingerprint density at radius 2 is 1.08 bits per heavy atom. The molecule has 0 spiro atoms. The molecule has 9 aromatic rings. The lowest BCUT2D eigenvalue weighted by Gasteiger charge is -2.23. The van der Waals surface area contributed by atoms with Gasteiger partial charge in [-0.3, -0.25) is 0 Å². The van der Waals surface area contributed by atoms with E-state index in [-0.39, 0.29) is 0 Å². The molecule has 10 rings (SSSR count). The summed E-state index contributed by atoms with van der Waals surface area (Å²) in [6, 6.07) is 61.7. The Labute approximate surface area is 295 Å². The molecule has 8 aromatic carbocycles. The first-order chi connectivity index (χ1) is 25.2. The minimum atomic E-state index is -0.425. The molecule has 4 nitrogen and oxygen atoms in total. The molecular formula is C47H31N3O. The fourth-order valence-corrected chi connectivity index (χ4v) is 7.36. The van der Waals surface area contributed by atoms with E-state index in [0.717, 1.165) is 61.4 Å². The summed E-state index contributed by atoms with van der Waals surface area (Å²) in [7, 11) is 0. The van der Waals surface area contributed by atoms with Crippen LogP contribution >= 0.6 is 0 Å². The number of aliphatic imine (C=N–C) groups is 2. The van der Waals surface area contributed by atoms with Crippen molar-refractivity contribution in [3.63, 3.8) is 0 Å². The summed E-state index contributed by atoms with van der Waals surface area (Å²) in [6.45, 7) is 0. The lowest BCUT2D eigenvalue weighted by Crippen LogP contribution is -2.36. The van der Waals surface area contributed by atoms with Gasteiger partial charge in [0.1, 0.15) is 22.8 Å². The number of hydrogen-bond acceptors (Lipinski definition) is 4. The van der Waals surface area contributed by atoms with E-state index in [1.54, 1.807) is 0 Å². The molecule has 1 aliphatic heterocycles. The first-order valence-electron chi connectivity index (χ1n) is 17.3. The summed E-state index contributed by atoms with van der Waals surface area (Å²) >= 11 is 0. The molecule has 0 saturated carbocycles. The van der Waals surface area contributed by atoms with Crippen molar-refractivity contribution in [1.29, 1.82) is 0 Å². The largest absolute Gasteiger partial charge is 0.456 e. The molecule has 0 bridgehead atoms. The van der Waals surface area contributed by atoms with Gasteiger partial charge in [0.25, 0.3) is 0 Å². The second-order valence-corrected chi connectivity index (χ2v) is 13.0. The van der Waals surface area contributed by atoms with Crippen molar-refractivity contribution in [2.75, 3.05) is 0 Å². The molecule has 1 aliphatic rings. The van der Waals surface area contributed by atoms with Gasteiger partial charge in [0.05, 0.1) is 0 Å². The highest BCUT2D eigenvalue weighted by molar-refractivity contribution is 6.23. The Hall–Kier alpha value is -6.78. The number of hydrogen-bond donors (Lipinski definition) is 1. The van der Waals surface area contributed by atoms with Crippen LogP contribution in [0.25, 0.3) is 65.7 Å². The van der Waals surface area contributed by atoms with E-state index < -0.39 is 6.17 Å². The normalized spacial score (nSPS) is 14.5. The second-order valence-electron chi connectivity index (χ2n) is 13.0. The van der Waals surface area contributed by atoms with E-state index in [1.807, 2.05) is 30.3 Å². The first-order valence-corrected chi connectivity index (χ1v) is 17.3. The SMILES string of the molecule is c1ccc(C2=NC(c3ccc(-c4cccc5ccccc45)cc3)N=C(c3cccc4oc5cc(-c6ccc7ccccc7c6)ccc5c34)N2)cc1. The number of amidine groups is 2. The molecular weight excluding hydrogens is 623 g/mol. The van der Waals surface area contributed by atoms with Crippen molar-refractivity contribution in [2.45, 2.75) is 6.17 Å². The number of nitrogens with one attached hydrogen (secondary N) is 1. The quantitative estimate of drug-likeness (QED) is 0.201. The van der Waals surface area contributed by atoms with Crippen molar-refractivity contribution < 1.29 is 4.42 Å². The van der Waals surface area contributed by atoms with Crippen LogP contribution < -0.4 is 5.32 Å². The number of fused-ring (bicyclic) bond motifs is 5. The highest BCUT2D eigenvalue weighted by atomic mass is 16.3. The summed E-state index contributed by atoms with van der Waals surface area (Å²) in [5.74, 6) is 1.55. The van der Waals surface area contributed by atoms with Gasteiger partial charge in [-0.2, -0.15) is 0 Å². The zero-order chi connectivity index (χ0) is 33.7. The lowest BCUT2D eigenvalue weighted by molar-refractivity contribution is 0.669. The first kappa shape index (κ1) is 29.2. The number of rotatable bonds is 5. The van der Waals surface area contributed by atoms with E-state index in [9.17, 15) is 0 Å². The van der Waals surface area contributed by atoms with Gasteiger partial charge in [-0.25, -0.2) is 9.98 Å².